The van der Waals surface area contributed by atoms with Gasteiger partial charge in [0.25, 0.3) is 0 Å². The summed E-state index contributed by atoms with van der Waals surface area (Å²) in [6, 6.07) is 6.04. The van der Waals surface area contributed by atoms with E-state index in [9.17, 15) is 4.79 Å². The average Bonchev–Trinajstić information content (AvgIpc) is 2.31. The van der Waals surface area contributed by atoms with Crippen molar-refractivity contribution >= 4 is 5.78 Å². The number of aryl methyl sites for hydroxylation is 2. The van der Waals surface area contributed by atoms with Crippen LogP contribution < -0.4 is 0 Å². The Bertz CT molecular complexity index is 468. The molecule has 0 aliphatic heterocycles. The van der Waals surface area contributed by atoms with Gasteiger partial charge >= 0.3 is 0 Å². The Morgan fingerprint density at radius 2 is 1.78 bits per heavy atom. The average molecular weight is 242 g/mol. The zero-order valence-electron chi connectivity index (χ0n) is 11.5. The molecule has 1 nitrogen and oxygen atoms in total. The van der Waals surface area contributed by atoms with Crippen molar-refractivity contribution in [2.45, 2.75) is 52.4 Å². The van der Waals surface area contributed by atoms with Crippen molar-refractivity contribution in [3.8, 4) is 0 Å². The first-order valence-corrected chi connectivity index (χ1v) is 6.99. The number of carbonyl (C=O) groups excluding carboxylic acids is 1. The van der Waals surface area contributed by atoms with Gasteiger partial charge < -0.3 is 0 Å². The van der Waals surface area contributed by atoms with Crippen molar-refractivity contribution in [1.82, 2.24) is 0 Å². The summed E-state index contributed by atoms with van der Waals surface area (Å²) in [5.41, 5.74) is 4.33. The molecular weight excluding hydrogens is 220 g/mol. The van der Waals surface area contributed by atoms with E-state index in [0.717, 1.165) is 30.4 Å². The zero-order chi connectivity index (χ0) is 13.0. The minimum Gasteiger partial charge on any atom is -0.289 e. The largest absolute Gasteiger partial charge is 0.289 e. The van der Waals surface area contributed by atoms with Gasteiger partial charge in [0, 0.05) is 5.56 Å². The molecule has 0 saturated carbocycles. The number of ketones is 1. The first-order valence-electron chi connectivity index (χ1n) is 6.99. The predicted molar refractivity (Wildman–Crippen MR) is 76.0 cm³/mol. The van der Waals surface area contributed by atoms with Crippen molar-refractivity contribution in [1.29, 1.82) is 0 Å². The molecule has 1 aliphatic rings. The molecule has 1 aliphatic carbocycles. The number of Topliss-reactive ketones (excluding diaryl/α,β-unsaturated/α-hetero) is 1. The topological polar surface area (TPSA) is 17.1 Å². The van der Waals surface area contributed by atoms with Crippen LogP contribution in [-0.4, -0.2) is 5.78 Å². The highest BCUT2D eigenvalue weighted by Crippen LogP contribution is 2.21. The lowest BCUT2D eigenvalue weighted by Crippen LogP contribution is -2.06. The van der Waals surface area contributed by atoms with Crippen LogP contribution in [0.1, 0.15) is 60.0 Å². The van der Waals surface area contributed by atoms with Crippen molar-refractivity contribution in [2.24, 2.45) is 0 Å². The molecule has 0 fully saturated rings. The summed E-state index contributed by atoms with van der Waals surface area (Å²) in [6.07, 6.45) is 9.12. The van der Waals surface area contributed by atoms with Gasteiger partial charge in [0.1, 0.15) is 0 Å². The molecule has 96 valence electrons. The SMILES string of the molecule is Cc1ccc(C(=O)/C2=C/CCCCCC2)cc1C. The van der Waals surface area contributed by atoms with Crippen molar-refractivity contribution < 1.29 is 4.79 Å². The fourth-order valence-electron chi connectivity index (χ4n) is 2.47. The summed E-state index contributed by atoms with van der Waals surface area (Å²) in [6.45, 7) is 4.15. The van der Waals surface area contributed by atoms with E-state index in [1.54, 1.807) is 0 Å². The zero-order valence-corrected chi connectivity index (χ0v) is 11.5. The van der Waals surface area contributed by atoms with Crippen molar-refractivity contribution in [3.63, 3.8) is 0 Å². The Hall–Kier alpha value is -1.37. The molecule has 0 unspecified atom stereocenters. The van der Waals surface area contributed by atoms with Gasteiger partial charge in [-0.15, -0.1) is 0 Å². The van der Waals surface area contributed by atoms with Gasteiger partial charge in [0.15, 0.2) is 5.78 Å². The van der Waals surface area contributed by atoms with E-state index in [-0.39, 0.29) is 5.78 Å². The Balaban J connectivity index is 2.21. The first-order chi connectivity index (χ1) is 8.68. The fraction of sp³-hybridized carbons (Fsp3) is 0.471. The van der Waals surface area contributed by atoms with E-state index < -0.39 is 0 Å². The van der Waals surface area contributed by atoms with Crippen LogP contribution in [0.5, 0.6) is 0 Å². The highest BCUT2D eigenvalue weighted by Gasteiger charge is 2.13. The van der Waals surface area contributed by atoms with E-state index in [4.69, 9.17) is 0 Å². The van der Waals surface area contributed by atoms with Crippen molar-refractivity contribution in [2.75, 3.05) is 0 Å². The van der Waals surface area contributed by atoms with E-state index in [0.29, 0.717) is 0 Å². The summed E-state index contributed by atoms with van der Waals surface area (Å²) in [7, 11) is 0. The summed E-state index contributed by atoms with van der Waals surface area (Å²) in [4.78, 5) is 12.5. The monoisotopic (exact) mass is 242 g/mol. The summed E-state index contributed by atoms with van der Waals surface area (Å²) < 4.78 is 0. The fourth-order valence-corrected chi connectivity index (χ4v) is 2.47. The van der Waals surface area contributed by atoms with Crippen molar-refractivity contribution in [3.05, 3.63) is 46.5 Å². The van der Waals surface area contributed by atoms with Gasteiger partial charge in [0.2, 0.25) is 0 Å². The van der Waals surface area contributed by atoms with Gasteiger partial charge in [-0.3, -0.25) is 4.79 Å². The Labute approximate surface area is 110 Å². The molecular formula is C17H22O. The molecule has 1 aromatic carbocycles. The first kappa shape index (κ1) is 13.1. The standard InChI is InChI=1S/C17H22O/c1-13-10-11-16(12-14(13)2)17(18)15-8-6-4-3-5-7-9-15/h8,10-12H,3-7,9H2,1-2H3/b15-8+. The molecule has 0 bridgehead atoms. The molecule has 0 saturated heterocycles. The maximum Gasteiger partial charge on any atom is 0.188 e. The second-order valence-corrected chi connectivity index (χ2v) is 5.31. The number of benzene rings is 1. The lowest BCUT2D eigenvalue weighted by molar-refractivity contribution is 0.102. The van der Waals surface area contributed by atoms with E-state index in [1.807, 2.05) is 18.2 Å². The lowest BCUT2D eigenvalue weighted by Gasteiger charge is -2.11. The number of hydrogen-bond donors (Lipinski definition) is 0. The van der Waals surface area contributed by atoms with Gasteiger partial charge in [-0.2, -0.15) is 0 Å². The second kappa shape index (κ2) is 5.99. The molecule has 1 aromatic rings. The van der Waals surface area contributed by atoms with Crippen LogP contribution >= 0.6 is 0 Å². The second-order valence-electron chi connectivity index (χ2n) is 5.31. The molecule has 1 heteroatoms. The maximum atomic E-state index is 12.5. The quantitative estimate of drug-likeness (QED) is 0.683. The Morgan fingerprint density at radius 1 is 1.00 bits per heavy atom. The number of hydrogen-bond acceptors (Lipinski definition) is 1. The Morgan fingerprint density at radius 3 is 2.56 bits per heavy atom. The summed E-state index contributed by atoms with van der Waals surface area (Å²) >= 11 is 0. The van der Waals surface area contributed by atoms with Crippen LogP contribution in [0, 0.1) is 13.8 Å². The van der Waals surface area contributed by atoms with Crippen LogP contribution in [0.15, 0.2) is 29.8 Å². The molecule has 0 aromatic heterocycles. The van der Waals surface area contributed by atoms with Gasteiger partial charge in [-0.25, -0.2) is 0 Å². The third kappa shape index (κ3) is 3.10. The van der Waals surface area contributed by atoms with Gasteiger partial charge in [0.05, 0.1) is 0 Å². The lowest BCUT2D eigenvalue weighted by atomic mass is 9.93. The molecule has 0 radical (unpaired) electrons. The predicted octanol–water partition coefficient (Wildman–Crippen LogP) is 4.77. The molecule has 0 spiro atoms. The van der Waals surface area contributed by atoms with Crippen LogP contribution in [0.2, 0.25) is 0 Å². The molecule has 18 heavy (non-hydrogen) atoms. The minimum atomic E-state index is 0.236. The summed E-state index contributed by atoms with van der Waals surface area (Å²) in [5, 5.41) is 0. The highest BCUT2D eigenvalue weighted by atomic mass is 16.1. The number of allylic oxidation sites excluding steroid dienone is 2. The van der Waals surface area contributed by atoms with Crippen LogP contribution in [0.4, 0.5) is 0 Å². The third-order valence-electron chi connectivity index (χ3n) is 3.85. The van der Waals surface area contributed by atoms with Gasteiger partial charge in [-0.1, -0.05) is 31.1 Å². The van der Waals surface area contributed by atoms with Crippen LogP contribution in [0.3, 0.4) is 0 Å². The van der Waals surface area contributed by atoms with Crippen LogP contribution in [0.25, 0.3) is 0 Å². The molecule has 0 amide bonds. The minimum absolute atomic E-state index is 0.236. The third-order valence-corrected chi connectivity index (χ3v) is 3.85. The van der Waals surface area contributed by atoms with E-state index in [2.05, 4.69) is 19.9 Å². The van der Waals surface area contributed by atoms with Gasteiger partial charge in [-0.05, 0) is 62.3 Å². The number of rotatable bonds is 2. The van der Waals surface area contributed by atoms with E-state index >= 15 is 0 Å². The Kier molecular flexibility index (Phi) is 4.35. The normalized spacial score (nSPS) is 19.6. The van der Waals surface area contributed by atoms with Crippen LogP contribution in [-0.2, 0) is 0 Å². The van der Waals surface area contributed by atoms with E-state index in [1.165, 1.54) is 30.4 Å². The molecule has 2 rings (SSSR count). The maximum absolute atomic E-state index is 12.5. The smallest absolute Gasteiger partial charge is 0.188 e. The summed E-state index contributed by atoms with van der Waals surface area (Å²) in [5.74, 6) is 0.236. The number of carbonyl (C=O) groups is 1. The molecule has 0 atom stereocenters. The molecule has 0 N–H and O–H groups in total. The highest BCUT2D eigenvalue weighted by molar-refractivity contribution is 6.08. The molecule has 0 heterocycles.